The first-order chi connectivity index (χ1) is 8.77. The number of imide groups is 1. The Morgan fingerprint density at radius 3 is 2.26 bits per heavy atom. The van der Waals surface area contributed by atoms with Crippen molar-refractivity contribution in [1.82, 2.24) is 9.96 Å². The fourth-order valence-corrected chi connectivity index (χ4v) is 1.75. The number of amides is 2. The first-order valence-corrected chi connectivity index (χ1v) is 5.35. The molecule has 1 saturated heterocycles. The summed E-state index contributed by atoms with van der Waals surface area (Å²) >= 11 is 0. The summed E-state index contributed by atoms with van der Waals surface area (Å²) in [5.41, 5.74) is 0. The summed E-state index contributed by atoms with van der Waals surface area (Å²) < 4.78 is 35.7. The second-order valence-corrected chi connectivity index (χ2v) is 4.21. The number of carbonyl (C=O) groups is 3. The molecule has 2 aliphatic heterocycles. The van der Waals surface area contributed by atoms with Crippen LogP contribution in [0.15, 0.2) is 12.2 Å². The second kappa shape index (κ2) is 4.65. The van der Waals surface area contributed by atoms with E-state index in [4.69, 9.17) is 0 Å². The van der Waals surface area contributed by atoms with Gasteiger partial charge in [-0.1, -0.05) is 0 Å². The highest BCUT2D eigenvalue weighted by atomic mass is 19.4. The van der Waals surface area contributed by atoms with Gasteiger partial charge in [-0.25, -0.2) is 4.79 Å². The Hall–Kier alpha value is -1.90. The van der Waals surface area contributed by atoms with Gasteiger partial charge in [-0.2, -0.15) is 13.2 Å². The van der Waals surface area contributed by atoms with E-state index in [2.05, 4.69) is 4.84 Å². The number of hydroxylamine groups is 2. The van der Waals surface area contributed by atoms with E-state index in [1.54, 1.807) is 0 Å². The van der Waals surface area contributed by atoms with E-state index in [1.807, 2.05) is 0 Å². The first-order valence-electron chi connectivity index (χ1n) is 5.35. The summed E-state index contributed by atoms with van der Waals surface area (Å²) in [6.07, 6.45) is -2.78. The van der Waals surface area contributed by atoms with Crippen molar-refractivity contribution in [3.8, 4) is 0 Å². The fourth-order valence-electron chi connectivity index (χ4n) is 1.75. The third-order valence-electron chi connectivity index (χ3n) is 2.71. The molecule has 0 spiro atoms. The van der Waals surface area contributed by atoms with E-state index in [-0.39, 0.29) is 25.6 Å². The number of alkyl halides is 3. The zero-order chi connectivity index (χ0) is 14.2. The number of rotatable bonds is 3. The molecule has 0 unspecified atom stereocenters. The first kappa shape index (κ1) is 13.5. The summed E-state index contributed by atoms with van der Waals surface area (Å²) in [7, 11) is 0. The molecule has 2 aliphatic rings. The van der Waals surface area contributed by atoms with Crippen molar-refractivity contribution in [3.63, 3.8) is 0 Å². The number of hydrogen-bond acceptors (Lipinski definition) is 5. The number of hydrogen-bond donors (Lipinski definition) is 0. The van der Waals surface area contributed by atoms with E-state index >= 15 is 0 Å². The van der Waals surface area contributed by atoms with Gasteiger partial charge in [0.25, 0.3) is 11.8 Å². The molecule has 19 heavy (non-hydrogen) atoms. The predicted octanol–water partition coefficient (Wildman–Crippen LogP) is -0.136. The van der Waals surface area contributed by atoms with Gasteiger partial charge >= 0.3 is 12.1 Å². The summed E-state index contributed by atoms with van der Waals surface area (Å²) in [6.45, 7) is 0.211. The fraction of sp³-hybridized carbons (Fsp3) is 0.500. The lowest BCUT2D eigenvalue weighted by molar-refractivity contribution is -0.258. The van der Waals surface area contributed by atoms with Gasteiger partial charge in [0.15, 0.2) is 0 Å². The molecule has 0 radical (unpaired) electrons. The van der Waals surface area contributed by atoms with Gasteiger partial charge in [-0.05, 0) is 0 Å². The molecule has 0 aromatic heterocycles. The molecule has 2 heterocycles. The van der Waals surface area contributed by atoms with Crippen LogP contribution in [-0.4, -0.2) is 53.6 Å². The lowest BCUT2D eigenvalue weighted by atomic mass is 10.0. The van der Waals surface area contributed by atoms with Gasteiger partial charge in [0, 0.05) is 37.7 Å². The zero-order valence-corrected chi connectivity index (χ0v) is 9.51. The zero-order valence-electron chi connectivity index (χ0n) is 9.51. The maximum atomic E-state index is 11.9. The largest absolute Gasteiger partial charge is 0.492 e. The van der Waals surface area contributed by atoms with Crippen LogP contribution < -0.4 is 0 Å². The summed E-state index contributed by atoms with van der Waals surface area (Å²) in [6, 6.07) is 0. The third-order valence-corrected chi connectivity index (χ3v) is 2.71. The van der Waals surface area contributed by atoms with Gasteiger partial charge in [0.05, 0.1) is 0 Å². The monoisotopic (exact) mass is 278 g/mol. The standard InChI is InChI=1S/C10H9F3N2O4/c11-10(12,13)9(18)19-14-3-6(4-14)5-15-7(16)1-2-8(15)17/h1-2,6H,3-5H2. The molecule has 2 rings (SSSR count). The van der Waals surface area contributed by atoms with Gasteiger partial charge in [-0.15, -0.1) is 5.06 Å². The molecule has 9 heteroatoms. The van der Waals surface area contributed by atoms with Gasteiger partial charge in [0.2, 0.25) is 0 Å². The SMILES string of the molecule is O=C1C=CC(=O)N1CC1CN(OC(=O)C(F)(F)F)C1. The minimum atomic E-state index is -5.03. The molecule has 6 nitrogen and oxygen atoms in total. The smallest absolute Gasteiger partial charge is 0.361 e. The van der Waals surface area contributed by atoms with E-state index in [0.717, 1.165) is 22.1 Å². The van der Waals surface area contributed by atoms with E-state index in [0.29, 0.717) is 0 Å². The van der Waals surface area contributed by atoms with Crippen LogP contribution in [0.25, 0.3) is 0 Å². The predicted molar refractivity (Wildman–Crippen MR) is 53.1 cm³/mol. The summed E-state index contributed by atoms with van der Waals surface area (Å²) in [5, 5.41) is 0.846. The highest BCUT2D eigenvalue weighted by Gasteiger charge is 2.44. The topological polar surface area (TPSA) is 66.9 Å². The summed E-state index contributed by atoms with van der Waals surface area (Å²) in [4.78, 5) is 38.0. The lowest BCUT2D eigenvalue weighted by Gasteiger charge is -2.38. The molecule has 0 aromatic rings. The molecular formula is C10H9F3N2O4. The van der Waals surface area contributed by atoms with Gasteiger partial charge in [0.1, 0.15) is 0 Å². The van der Waals surface area contributed by atoms with Crippen LogP contribution in [0, 0.1) is 5.92 Å². The molecule has 0 bridgehead atoms. The van der Waals surface area contributed by atoms with Crippen LogP contribution in [0.1, 0.15) is 0 Å². The Bertz CT molecular complexity index is 436. The Kier molecular flexibility index (Phi) is 3.31. The average Bonchev–Trinajstić information content (AvgIpc) is 2.55. The highest BCUT2D eigenvalue weighted by molar-refractivity contribution is 6.12. The van der Waals surface area contributed by atoms with Crippen molar-refractivity contribution in [3.05, 3.63) is 12.2 Å². The molecule has 0 atom stereocenters. The van der Waals surface area contributed by atoms with Crippen molar-refractivity contribution in [1.29, 1.82) is 0 Å². The average molecular weight is 278 g/mol. The van der Waals surface area contributed by atoms with Crippen LogP contribution in [0.4, 0.5) is 13.2 Å². The van der Waals surface area contributed by atoms with E-state index in [1.165, 1.54) is 0 Å². The third kappa shape index (κ3) is 2.92. The Balaban J connectivity index is 1.74. The Morgan fingerprint density at radius 2 is 1.79 bits per heavy atom. The van der Waals surface area contributed by atoms with Crippen molar-refractivity contribution in [2.75, 3.05) is 19.6 Å². The molecular weight excluding hydrogens is 269 g/mol. The number of nitrogens with zero attached hydrogens (tertiary/aromatic N) is 2. The van der Waals surface area contributed by atoms with Gasteiger partial charge < -0.3 is 4.84 Å². The quantitative estimate of drug-likeness (QED) is 0.672. The minimum Gasteiger partial charge on any atom is -0.361 e. The van der Waals surface area contributed by atoms with Crippen molar-refractivity contribution < 1.29 is 32.4 Å². The molecule has 2 amide bonds. The molecule has 0 aromatic carbocycles. The van der Waals surface area contributed by atoms with Crippen molar-refractivity contribution in [2.24, 2.45) is 5.92 Å². The number of halogens is 3. The van der Waals surface area contributed by atoms with E-state index in [9.17, 15) is 27.6 Å². The second-order valence-electron chi connectivity index (χ2n) is 4.21. The normalized spacial score (nSPS) is 20.9. The van der Waals surface area contributed by atoms with E-state index < -0.39 is 24.0 Å². The molecule has 0 aliphatic carbocycles. The Labute approximate surface area is 105 Å². The van der Waals surface area contributed by atoms with Gasteiger partial charge in [-0.3, -0.25) is 14.5 Å². The minimum absolute atomic E-state index is 0.0544. The van der Waals surface area contributed by atoms with Crippen LogP contribution in [-0.2, 0) is 19.2 Å². The lowest BCUT2D eigenvalue weighted by Crippen LogP contribution is -2.53. The highest BCUT2D eigenvalue weighted by Crippen LogP contribution is 2.23. The Morgan fingerprint density at radius 1 is 1.26 bits per heavy atom. The number of carbonyl (C=O) groups excluding carboxylic acids is 3. The van der Waals surface area contributed by atoms with Crippen LogP contribution in [0.2, 0.25) is 0 Å². The molecule has 0 saturated carbocycles. The maximum absolute atomic E-state index is 11.9. The molecule has 1 fully saturated rings. The van der Waals surface area contributed by atoms with Crippen LogP contribution >= 0.6 is 0 Å². The summed E-state index contributed by atoms with van der Waals surface area (Å²) in [5.74, 6) is -3.37. The van der Waals surface area contributed by atoms with Crippen molar-refractivity contribution >= 4 is 17.8 Å². The molecule has 0 N–H and O–H groups in total. The van der Waals surface area contributed by atoms with Crippen LogP contribution in [0.5, 0.6) is 0 Å². The molecule has 104 valence electrons. The van der Waals surface area contributed by atoms with Crippen LogP contribution in [0.3, 0.4) is 0 Å². The maximum Gasteiger partial charge on any atom is 0.492 e. The van der Waals surface area contributed by atoms with Crippen molar-refractivity contribution in [2.45, 2.75) is 6.18 Å².